The topological polar surface area (TPSA) is 87.7 Å². The Balaban J connectivity index is 1.57. The second-order valence-electron chi connectivity index (χ2n) is 9.19. The molecule has 0 saturated carbocycles. The summed E-state index contributed by atoms with van der Waals surface area (Å²) in [7, 11) is 0. The molecule has 0 aliphatic carbocycles. The van der Waals surface area contributed by atoms with Crippen molar-refractivity contribution in [3.05, 3.63) is 12.2 Å². The lowest BCUT2D eigenvalue weighted by molar-refractivity contribution is -0.137. The molecule has 0 spiro atoms. The van der Waals surface area contributed by atoms with Crippen LogP contribution in [0, 0.1) is 11.8 Å². The van der Waals surface area contributed by atoms with Gasteiger partial charge in [-0.05, 0) is 69.6 Å². The van der Waals surface area contributed by atoms with Crippen LogP contribution in [0.1, 0.15) is 90.4 Å². The van der Waals surface area contributed by atoms with Crippen LogP contribution >= 0.6 is 12.2 Å². The van der Waals surface area contributed by atoms with Gasteiger partial charge in [-0.2, -0.15) is 0 Å². The SMILES string of the molecule is CCCCCC(=S)NCC(=O)NCCCC[C@H]1[C@@H](C/C=C\CCCC(=O)O)[C@H]2CC[C@@H]1O2. The van der Waals surface area contributed by atoms with Crippen LogP contribution in [-0.4, -0.2) is 47.3 Å². The number of nitrogens with one attached hydrogen (secondary N) is 2. The van der Waals surface area contributed by atoms with E-state index in [1.165, 1.54) is 25.7 Å². The molecular weight excluding hydrogens is 424 g/mol. The molecule has 2 heterocycles. The van der Waals surface area contributed by atoms with E-state index >= 15 is 0 Å². The lowest BCUT2D eigenvalue weighted by atomic mass is 9.75. The van der Waals surface area contributed by atoms with E-state index in [0.29, 0.717) is 37.0 Å². The number of aliphatic carboxylic acids is 1. The summed E-state index contributed by atoms with van der Waals surface area (Å²) in [5.74, 6) is 0.475. The number of hydrogen-bond donors (Lipinski definition) is 3. The van der Waals surface area contributed by atoms with Gasteiger partial charge in [0.1, 0.15) is 0 Å². The lowest BCUT2D eigenvalue weighted by Crippen LogP contribution is -2.36. The fraction of sp³-hybridized carbons (Fsp3) is 0.800. The molecule has 32 heavy (non-hydrogen) atoms. The monoisotopic (exact) mass is 466 g/mol. The minimum atomic E-state index is -0.724. The van der Waals surface area contributed by atoms with Gasteiger partial charge in [-0.1, -0.05) is 50.6 Å². The van der Waals surface area contributed by atoms with Gasteiger partial charge in [0.25, 0.3) is 0 Å². The number of unbranched alkanes of at least 4 members (excludes halogenated alkanes) is 4. The van der Waals surface area contributed by atoms with Crippen LogP contribution < -0.4 is 10.6 Å². The molecule has 7 heteroatoms. The number of carbonyl (C=O) groups is 2. The molecule has 1 amide bonds. The molecule has 2 fully saturated rings. The molecule has 2 saturated heterocycles. The predicted molar refractivity (Wildman–Crippen MR) is 132 cm³/mol. The maximum absolute atomic E-state index is 12.0. The average molecular weight is 467 g/mol. The first-order valence-corrected chi connectivity index (χ1v) is 13.0. The van der Waals surface area contributed by atoms with Crippen LogP contribution in [-0.2, 0) is 14.3 Å². The van der Waals surface area contributed by atoms with Crippen molar-refractivity contribution < 1.29 is 19.4 Å². The Kier molecular flexibility index (Phi) is 12.9. The van der Waals surface area contributed by atoms with E-state index in [1.54, 1.807) is 0 Å². The summed E-state index contributed by atoms with van der Waals surface area (Å²) in [4.78, 5) is 23.4. The summed E-state index contributed by atoms with van der Waals surface area (Å²) in [6, 6.07) is 0. The number of ether oxygens (including phenoxy) is 1. The minimum absolute atomic E-state index is 0.0111. The van der Waals surface area contributed by atoms with Gasteiger partial charge >= 0.3 is 5.97 Å². The van der Waals surface area contributed by atoms with E-state index in [0.717, 1.165) is 49.9 Å². The number of thiocarbonyl (C=S) groups is 1. The molecule has 6 nitrogen and oxygen atoms in total. The molecule has 3 N–H and O–H groups in total. The van der Waals surface area contributed by atoms with E-state index in [-0.39, 0.29) is 18.9 Å². The number of amides is 1. The highest BCUT2D eigenvalue weighted by Crippen LogP contribution is 2.47. The van der Waals surface area contributed by atoms with E-state index in [1.807, 2.05) is 0 Å². The van der Waals surface area contributed by atoms with Crippen molar-refractivity contribution in [2.24, 2.45) is 11.8 Å². The predicted octanol–water partition coefficient (Wildman–Crippen LogP) is 4.77. The Morgan fingerprint density at radius 1 is 1.00 bits per heavy atom. The quantitative estimate of drug-likeness (QED) is 0.163. The third-order valence-electron chi connectivity index (χ3n) is 6.67. The third kappa shape index (κ3) is 9.99. The van der Waals surface area contributed by atoms with Crippen LogP contribution in [0.5, 0.6) is 0 Å². The van der Waals surface area contributed by atoms with Crippen molar-refractivity contribution in [2.75, 3.05) is 13.1 Å². The van der Waals surface area contributed by atoms with Crippen molar-refractivity contribution in [2.45, 2.75) is 103 Å². The molecule has 0 unspecified atom stereocenters. The van der Waals surface area contributed by atoms with Crippen molar-refractivity contribution in [3.8, 4) is 0 Å². The highest BCUT2D eigenvalue weighted by Gasteiger charge is 2.47. The van der Waals surface area contributed by atoms with Gasteiger partial charge in [-0.25, -0.2) is 0 Å². The van der Waals surface area contributed by atoms with Gasteiger partial charge in [0, 0.05) is 13.0 Å². The largest absolute Gasteiger partial charge is 0.481 e. The number of fused-ring (bicyclic) bond motifs is 2. The van der Waals surface area contributed by atoms with E-state index in [9.17, 15) is 9.59 Å². The number of rotatable bonds is 17. The maximum Gasteiger partial charge on any atom is 0.303 e. The first-order valence-electron chi connectivity index (χ1n) is 12.6. The number of allylic oxidation sites excluding steroid dienone is 2. The molecule has 2 aliphatic heterocycles. The van der Waals surface area contributed by atoms with Crippen molar-refractivity contribution in [1.82, 2.24) is 10.6 Å². The summed E-state index contributed by atoms with van der Waals surface area (Å²) in [6.45, 7) is 3.14. The van der Waals surface area contributed by atoms with Gasteiger partial charge in [0.2, 0.25) is 5.91 Å². The standard InChI is InChI=1S/C25H42N2O4S/c1-2-3-6-13-24(32)27-18-23(28)26-17-10-9-12-20-19(21-15-16-22(20)31-21)11-7-4-5-8-14-25(29)30/h4,7,19-22H,2-3,5-6,8-18H2,1H3,(H,26,28)(H,27,32)(H,29,30)/b7-4-/t19-,20+,21-,22+/m1/s1. The smallest absolute Gasteiger partial charge is 0.303 e. The van der Waals surface area contributed by atoms with Gasteiger partial charge in [0.05, 0.1) is 23.7 Å². The zero-order chi connectivity index (χ0) is 23.2. The zero-order valence-corrected chi connectivity index (χ0v) is 20.5. The molecule has 0 aromatic carbocycles. The third-order valence-corrected chi connectivity index (χ3v) is 7.02. The van der Waals surface area contributed by atoms with Crippen molar-refractivity contribution in [1.29, 1.82) is 0 Å². The van der Waals surface area contributed by atoms with E-state index in [2.05, 4.69) is 29.7 Å². The Morgan fingerprint density at radius 3 is 2.53 bits per heavy atom. The van der Waals surface area contributed by atoms with Crippen molar-refractivity contribution in [3.63, 3.8) is 0 Å². The molecule has 2 rings (SSSR count). The van der Waals surface area contributed by atoms with Gasteiger partial charge in [-0.15, -0.1) is 0 Å². The normalized spacial score (nSPS) is 24.2. The zero-order valence-electron chi connectivity index (χ0n) is 19.7. The molecule has 4 atom stereocenters. The highest BCUT2D eigenvalue weighted by atomic mass is 32.1. The summed E-state index contributed by atoms with van der Waals surface area (Å²) in [6.07, 6.45) is 17.8. The number of carbonyl (C=O) groups excluding carboxylic acids is 1. The van der Waals surface area contributed by atoms with Gasteiger partial charge in [0.15, 0.2) is 0 Å². The Hall–Kier alpha value is -1.47. The first-order chi connectivity index (χ1) is 15.5. The summed E-state index contributed by atoms with van der Waals surface area (Å²) < 4.78 is 6.19. The molecular formula is C25H42N2O4S. The second-order valence-corrected chi connectivity index (χ2v) is 9.68. The number of hydrogen-bond acceptors (Lipinski definition) is 4. The van der Waals surface area contributed by atoms with Crippen LogP contribution in [0.2, 0.25) is 0 Å². The molecule has 0 radical (unpaired) electrons. The summed E-state index contributed by atoms with van der Waals surface area (Å²) in [5.41, 5.74) is 0. The van der Waals surface area contributed by atoms with E-state index < -0.39 is 5.97 Å². The average Bonchev–Trinajstić information content (AvgIpc) is 3.36. The first kappa shape index (κ1) is 26.8. The van der Waals surface area contributed by atoms with Crippen LogP contribution in [0.15, 0.2) is 12.2 Å². The molecule has 2 bridgehead atoms. The molecule has 0 aromatic rings. The minimum Gasteiger partial charge on any atom is -0.481 e. The summed E-state index contributed by atoms with van der Waals surface area (Å²) in [5, 5.41) is 14.8. The number of carboxylic acids is 1. The number of carboxylic acid groups (broad SMARTS) is 1. The fourth-order valence-corrected chi connectivity index (χ4v) is 5.15. The highest BCUT2D eigenvalue weighted by molar-refractivity contribution is 7.80. The van der Waals surface area contributed by atoms with E-state index in [4.69, 9.17) is 22.1 Å². The Labute approximate surface area is 198 Å². The van der Waals surface area contributed by atoms with Crippen molar-refractivity contribution >= 4 is 29.1 Å². The van der Waals surface area contributed by atoms with Crippen LogP contribution in [0.25, 0.3) is 0 Å². The molecule has 0 aromatic heterocycles. The molecule has 182 valence electrons. The van der Waals surface area contributed by atoms with Crippen LogP contribution in [0.3, 0.4) is 0 Å². The maximum atomic E-state index is 12.0. The Bertz CT molecular complexity index is 625. The lowest BCUT2D eigenvalue weighted by Gasteiger charge is -2.27. The molecule has 2 aliphatic rings. The second kappa shape index (κ2) is 15.4. The Morgan fingerprint density at radius 2 is 1.78 bits per heavy atom. The summed E-state index contributed by atoms with van der Waals surface area (Å²) >= 11 is 5.27. The van der Waals surface area contributed by atoms with Crippen LogP contribution in [0.4, 0.5) is 0 Å². The van der Waals surface area contributed by atoms with Gasteiger partial charge < -0.3 is 20.5 Å². The fourth-order valence-electron chi connectivity index (χ4n) is 4.94. The van der Waals surface area contributed by atoms with Gasteiger partial charge in [-0.3, -0.25) is 9.59 Å².